The van der Waals surface area contributed by atoms with Gasteiger partial charge < -0.3 is 10.1 Å². The molecule has 2 rings (SSSR count). The number of benzene rings is 1. The Labute approximate surface area is 103 Å². The van der Waals surface area contributed by atoms with Gasteiger partial charge in [0.15, 0.2) is 0 Å². The number of hydrogen-bond donors (Lipinski definition) is 1. The molecule has 0 radical (unpaired) electrons. The molecular formula is C12H13BrFNO. The molecule has 1 aromatic carbocycles. The maximum atomic E-state index is 13.9. The van der Waals surface area contributed by atoms with Crippen molar-refractivity contribution in [3.8, 4) is 0 Å². The summed E-state index contributed by atoms with van der Waals surface area (Å²) in [6.45, 7) is 0.684. The van der Waals surface area contributed by atoms with Crippen molar-refractivity contribution in [2.45, 2.75) is 12.5 Å². The maximum absolute atomic E-state index is 13.9. The van der Waals surface area contributed by atoms with Crippen LogP contribution in [-0.4, -0.2) is 13.7 Å². The van der Waals surface area contributed by atoms with Crippen molar-refractivity contribution in [2.24, 2.45) is 0 Å². The first-order valence-corrected chi connectivity index (χ1v) is 5.97. The van der Waals surface area contributed by atoms with Crippen molar-refractivity contribution in [3.05, 3.63) is 45.9 Å². The van der Waals surface area contributed by atoms with Gasteiger partial charge in [0.25, 0.3) is 0 Å². The molecule has 16 heavy (non-hydrogen) atoms. The second-order valence-electron chi connectivity index (χ2n) is 3.61. The predicted octanol–water partition coefficient (Wildman–Crippen LogP) is 3.15. The van der Waals surface area contributed by atoms with Crippen LogP contribution in [0.2, 0.25) is 0 Å². The highest BCUT2D eigenvalue weighted by Crippen LogP contribution is 2.30. The largest absolute Gasteiger partial charge is 0.496 e. The van der Waals surface area contributed by atoms with E-state index >= 15 is 0 Å². The van der Waals surface area contributed by atoms with Gasteiger partial charge in [-0.05, 0) is 35.1 Å². The van der Waals surface area contributed by atoms with Gasteiger partial charge in [0.1, 0.15) is 11.6 Å². The molecule has 0 spiro atoms. The number of rotatable bonds is 3. The summed E-state index contributed by atoms with van der Waals surface area (Å²) in [6, 6.07) is 5.07. The van der Waals surface area contributed by atoms with Gasteiger partial charge in [0, 0.05) is 12.0 Å². The maximum Gasteiger partial charge on any atom is 0.142 e. The van der Waals surface area contributed by atoms with Crippen LogP contribution in [0.4, 0.5) is 4.39 Å². The number of halogens is 2. The zero-order valence-electron chi connectivity index (χ0n) is 8.97. The van der Waals surface area contributed by atoms with E-state index < -0.39 is 0 Å². The summed E-state index contributed by atoms with van der Waals surface area (Å²) in [7, 11) is 1.80. The molecule has 1 aliphatic heterocycles. The first kappa shape index (κ1) is 11.6. The molecule has 0 saturated heterocycles. The van der Waals surface area contributed by atoms with E-state index in [2.05, 4.69) is 21.2 Å². The number of ether oxygens (including phenoxy) is 1. The van der Waals surface area contributed by atoms with Gasteiger partial charge in [-0.2, -0.15) is 0 Å². The smallest absolute Gasteiger partial charge is 0.142 e. The fourth-order valence-corrected chi connectivity index (χ4v) is 2.21. The molecule has 2 nitrogen and oxygen atoms in total. The Morgan fingerprint density at radius 3 is 2.94 bits per heavy atom. The van der Waals surface area contributed by atoms with Crippen LogP contribution in [0.5, 0.6) is 0 Å². The fraction of sp³-hybridized carbons (Fsp3) is 0.333. The Kier molecular flexibility index (Phi) is 3.61. The minimum Gasteiger partial charge on any atom is -0.496 e. The first-order chi connectivity index (χ1) is 7.74. The molecule has 0 bridgehead atoms. The summed E-state index contributed by atoms with van der Waals surface area (Å²) < 4.78 is 19.9. The van der Waals surface area contributed by atoms with Crippen LogP contribution in [0.3, 0.4) is 0 Å². The van der Waals surface area contributed by atoms with Crippen molar-refractivity contribution < 1.29 is 9.13 Å². The molecule has 1 N–H and O–H groups in total. The van der Waals surface area contributed by atoms with E-state index in [1.807, 2.05) is 12.1 Å². The zero-order chi connectivity index (χ0) is 11.5. The van der Waals surface area contributed by atoms with Crippen LogP contribution in [0, 0.1) is 5.82 Å². The lowest BCUT2D eigenvalue weighted by Crippen LogP contribution is -2.20. The Hall–Kier alpha value is -0.870. The van der Waals surface area contributed by atoms with Crippen molar-refractivity contribution in [3.63, 3.8) is 0 Å². The SMILES string of the molecule is CNC(C1=CCCO1)c1cccc(Br)c1F. The lowest BCUT2D eigenvalue weighted by Gasteiger charge is -2.18. The number of hydrogen-bond acceptors (Lipinski definition) is 2. The zero-order valence-corrected chi connectivity index (χ0v) is 10.6. The second-order valence-corrected chi connectivity index (χ2v) is 4.46. The molecule has 1 heterocycles. The molecule has 1 aliphatic rings. The van der Waals surface area contributed by atoms with E-state index in [0.717, 1.165) is 12.2 Å². The van der Waals surface area contributed by atoms with Crippen LogP contribution in [0.25, 0.3) is 0 Å². The molecule has 86 valence electrons. The first-order valence-electron chi connectivity index (χ1n) is 5.18. The van der Waals surface area contributed by atoms with Crippen LogP contribution in [0.1, 0.15) is 18.0 Å². The molecule has 1 aromatic rings. The summed E-state index contributed by atoms with van der Waals surface area (Å²) in [5.41, 5.74) is 0.602. The quantitative estimate of drug-likeness (QED) is 0.921. The van der Waals surface area contributed by atoms with Crippen molar-refractivity contribution in [2.75, 3.05) is 13.7 Å². The Morgan fingerprint density at radius 2 is 2.31 bits per heavy atom. The van der Waals surface area contributed by atoms with Crippen LogP contribution in [-0.2, 0) is 4.74 Å². The highest BCUT2D eigenvalue weighted by atomic mass is 79.9. The third-order valence-corrected chi connectivity index (χ3v) is 3.21. The monoisotopic (exact) mass is 285 g/mol. The van der Waals surface area contributed by atoms with Gasteiger partial charge in [-0.15, -0.1) is 0 Å². The minimum absolute atomic E-state index is 0.208. The molecule has 4 heteroatoms. The van der Waals surface area contributed by atoms with Crippen molar-refractivity contribution in [1.29, 1.82) is 0 Å². The summed E-state index contributed by atoms with van der Waals surface area (Å²) in [6.07, 6.45) is 2.89. The normalized spacial score (nSPS) is 16.8. The molecule has 0 aliphatic carbocycles. The topological polar surface area (TPSA) is 21.3 Å². The third-order valence-electron chi connectivity index (χ3n) is 2.60. The van der Waals surface area contributed by atoms with Crippen LogP contribution >= 0.6 is 15.9 Å². The third kappa shape index (κ3) is 2.13. The lowest BCUT2D eigenvalue weighted by molar-refractivity contribution is 0.216. The molecular weight excluding hydrogens is 273 g/mol. The molecule has 0 fully saturated rings. The molecule has 1 unspecified atom stereocenters. The molecule has 1 atom stereocenters. The Morgan fingerprint density at radius 1 is 1.50 bits per heavy atom. The lowest BCUT2D eigenvalue weighted by atomic mass is 10.0. The molecule has 0 aromatic heterocycles. The minimum atomic E-state index is -0.238. The number of likely N-dealkylation sites (N-methyl/N-ethyl adjacent to an activating group) is 1. The van der Waals surface area contributed by atoms with E-state index in [1.54, 1.807) is 19.2 Å². The highest BCUT2D eigenvalue weighted by molar-refractivity contribution is 9.10. The summed E-state index contributed by atoms with van der Waals surface area (Å²) in [5, 5.41) is 3.07. The van der Waals surface area contributed by atoms with Gasteiger partial charge in [-0.25, -0.2) is 4.39 Å². The van der Waals surface area contributed by atoms with Crippen molar-refractivity contribution >= 4 is 15.9 Å². The van der Waals surface area contributed by atoms with Crippen LogP contribution < -0.4 is 5.32 Å². The standard InChI is InChI=1S/C12H13BrFNO/c1-15-12(10-6-3-7-16-10)8-4-2-5-9(13)11(8)14/h2,4-6,12,15H,3,7H2,1H3. The Balaban J connectivity index is 2.36. The Bertz CT molecular complexity index is 419. The van der Waals surface area contributed by atoms with Gasteiger partial charge in [-0.3, -0.25) is 0 Å². The summed E-state index contributed by atoms with van der Waals surface area (Å²) in [4.78, 5) is 0. The fourth-order valence-electron chi connectivity index (χ4n) is 1.83. The number of nitrogens with one attached hydrogen (secondary N) is 1. The highest BCUT2D eigenvalue weighted by Gasteiger charge is 2.22. The molecule has 0 saturated carbocycles. The van der Waals surface area contributed by atoms with Crippen LogP contribution in [0.15, 0.2) is 34.5 Å². The summed E-state index contributed by atoms with van der Waals surface area (Å²) in [5.74, 6) is 0.567. The van der Waals surface area contributed by atoms with Crippen molar-refractivity contribution in [1.82, 2.24) is 5.32 Å². The molecule has 0 amide bonds. The average Bonchev–Trinajstić information content (AvgIpc) is 2.79. The van der Waals surface area contributed by atoms with E-state index in [4.69, 9.17) is 4.74 Å². The van der Waals surface area contributed by atoms with E-state index in [1.165, 1.54) is 0 Å². The average molecular weight is 286 g/mol. The van der Waals surface area contributed by atoms with Gasteiger partial charge >= 0.3 is 0 Å². The van der Waals surface area contributed by atoms with E-state index in [-0.39, 0.29) is 11.9 Å². The van der Waals surface area contributed by atoms with E-state index in [9.17, 15) is 4.39 Å². The van der Waals surface area contributed by atoms with Gasteiger partial charge in [0.05, 0.1) is 17.1 Å². The second kappa shape index (κ2) is 4.97. The van der Waals surface area contributed by atoms with Gasteiger partial charge in [-0.1, -0.05) is 12.1 Å². The summed E-state index contributed by atoms with van der Waals surface area (Å²) >= 11 is 3.19. The van der Waals surface area contributed by atoms with Gasteiger partial charge in [0.2, 0.25) is 0 Å². The van der Waals surface area contributed by atoms with E-state index in [0.29, 0.717) is 16.6 Å². The predicted molar refractivity (Wildman–Crippen MR) is 64.6 cm³/mol.